The monoisotopic (exact) mass is 239 g/mol. The highest BCUT2D eigenvalue weighted by Crippen LogP contribution is 2.25. The number of thioether (sulfide) groups is 1. The zero-order valence-corrected chi connectivity index (χ0v) is 10.1. The van der Waals surface area contributed by atoms with Crippen molar-refractivity contribution in [2.45, 2.75) is 11.9 Å². The van der Waals surface area contributed by atoms with E-state index in [4.69, 9.17) is 10.5 Å². The molecule has 0 bridgehead atoms. The summed E-state index contributed by atoms with van der Waals surface area (Å²) in [6.07, 6.45) is 0. The standard InChI is InChI=1S/C13H9N3S/c1-9-3-2-4-10-7-11(8-15)13(16-12(9)10)17-6-5-14/h2-4,7H,6H2,1H3. The van der Waals surface area contributed by atoms with Crippen molar-refractivity contribution >= 4 is 22.7 Å². The van der Waals surface area contributed by atoms with Crippen LogP contribution in [0.3, 0.4) is 0 Å². The number of pyridine rings is 1. The molecule has 4 heteroatoms. The number of aryl methyl sites for hydroxylation is 1. The molecule has 0 fully saturated rings. The molecular formula is C13H9N3S. The van der Waals surface area contributed by atoms with Gasteiger partial charge in [-0.2, -0.15) is 10.5 Å². The topological polar surface area (TPSA) is 60.5 Å². The van der Waals surface area contributed by atoms with Crippen LogP contribution < -0.4 is 0 Å². The van der Waals surface area contributed by atoms with Crippen LogP contribution in [0.5, 0.6) is 0 Å². The van der Waals surface area contributed by atoms with Gasteiger partial charge < -0.3 is 0 Å². The lowest BCUT2D eigenvalue weighted by molar-refractivity contribution is 1.15. The number of hydrogen-bond donors (Lipinski definition) is 0. The van der Waals surface area contributed by atoms with Gasteiger partial charge in [0.15, 0.2) is 0 Å². The van der Waals surface area contributed by atoms with E-state index in [1.807, 2.05) is 37.3 Å². The predicted octanol–water partition coefficient (Wildman–Crippen LogP) is 3.03. The Morgan fingerprint density at radius 1 is 1.35 bits per heavy atom. The highest BCUT2D eigenvalue weighted by atomic mass is 32.2. The Hall–Kier alpha value is -2.04. The number of rotatable bonds is 2. The summed E-state index contributed by atoms with van der Waals surface area (Å²) in [6.45, 7) is 1.99. The molecule has 2 aromatic rings. The Kier molecular flexibility index (Phi) is 3.27. The second-order valence-electron chi connectivity index (χ2n) is 3.55. The first-order valence-corrected chi connectivity index (χ1v) is 6.05. The van der Waals surface area contributed by atoms with Gasteiger partial charge >= 0.3 is 0 Å². The van der Waals surface area contributed by atoms with Gasteiger partial charge in [0.2, 0.25) is 0 Å². The van der Waals surface area contributed by atoms with Gasteiger partial charge in [-0.1, -0.05) is 30.0 Å². The summed E-state index contributed by atoms with van der Waals surface area (Å²) >= 11 is 1.30. The van der Waals surface area contributed by atoms with Crippen LogP contribution in [0.1, 0.15) is 11.1 Å². The van der Waals surface area contributed by atoms with Crippen LogP contribution in [-0.2, 0) is 0 Å². The quantitative estimate of drug-likeness (QED) is 0.756. The third kappa shape index (κ3) is 2.22. The van der Waals surface area contributed by atoms with Crippen LogP contribution >= 0.6 is 11.8 Å². The molecule has 2 rings (SSSR count). The summed E-state index contributed by atoms with van der Waals surface area (Å²) in [7, 11) is 0. The summed E-state index contributed by atoms with van der Waals surface area (Å²) in [5.74, 6) is 0.305. The van der Waals surface area contributed by atoms with E-state index in [9.17, 15) is 0 Å². The van der Waals surface area contributed by atoms with Crippen LogP contribution in [0.2, 0.25) is 0 Å². The molecule has 82 valence electrons. The van der Waals surface area contributed by atoms with Crippen molar-refractivity contribution in [3.8, 4) is 12.1 Å². The Labute approximate surface area is 104 Å². The first kappa shape index (κ1) is 11.4. The van der Waals surface area contributed by atoms with E-state index in [2.05, 4.69) is 11.1 Å². The van der Waals surface area contributed by atoms with Gasteiger partial charge in [-0.3, -0.25) is 0 Å². The molecule has 1 heterocycles. The van der Waals surface area contributed by atoms with Crippen molar-refractivity contribution in [1.82, 2.24) is 4.98 Å². The smallest absolute Gasteiger partial charge is 0.116 e. The Morgan fingerprint density at radius 2 is 2.18 bits per heavy atom. The number of nitrogens with zero attached hydrogens (tertiary/aromatic N) is 3. The van der Waals surface area contributed by atoms with Crippen molar-refractivity contribution in [2.75, 3.05) is 5.75 Å². The normalized spacial score (nSPS) is 9.82. The molecule has 0 aliphatic carbocycles. The lowest BCUT2D eigenvalue weighted by atomic mass is 10.1. The molecule has 0 saturated heterocycles. The summed E-state index contributed by atoms with van der Waals surface area (Å²) in [4.78, 5) is 4.47. The minimum atomic E-state index is 0.305. The van der Waals surface area contributed by atoms with Gasteiger partial charge in [-0.15, -0.1) is 0 Å². The van der Waals surface area contributed by atoms with Crippen molar-refractivity contribution in [2.24, 2.45) is 0 Å². The van der Waals surface area contributed by atoms with E-state index < -0.39 is 0 Å². The second kappa shape index (κ2) is 4.86. The van der Waals surface area contributed by atoms with Crippen LogP contribution in [0.25, 0.3) is 10.9 Å². The van der Waals surface area contributed by atoms with Gasteiger partial charge in [0.05, 0.1) is 22.9 Å². The molecule has 0 N–H and O–H groups in total. The fourth-order valence-electron chi connectivity index (χ4n) is 1.62. The predicted molar refractivity (Wildman–Crippen MR) is 67.5 cm³/mol. The first-order chi connectivity index (χ1) is 8.26. The van der Waals surface area contributed by atoms with E-state index >= 15 is 0 Å². The van der Waals surface area contributed by atoms with Crippen LogP contribution in [0.15, 0.2) is 29.3 Å². The second-order valence-corrected chi connectivity index (χ2v) is 4.51. The van der Waals surface area contributed by atoms with Gasteiger partial charge in [-0.05, 0) is 18.6 Å². The Morgan fingerprint density at radius 3 is 2.88 bits per heavy atom. The minimum Gasteiger partial charge on any atom is -0.240 e. The van der Waals surface area contributed by atoms with Crippen molar-refractivity contribution in [3.05, 3.63) is 35.4 Å². The van der Waals surface area contributed by atoms with E-state index in [0.29, 0.717) is 16.3 Å². The first-order valence-electron chi connectivity index (χ1n) is 5.06. The molecule has 0 radical (unpaired) electrons. The van der Waals surface area contributed by atoms with Gasteiger partial charge in [0.25, 0.3) is 0 Å². The number of benzene rings is 1. The summed E-state index contributed by atoms with van der Waals surface area (Å²) in [6, 6.07) is 11.9. The van der Waals surface area contributed by atoms with Crippen molar-refractivity contribution in [3.63, 3.8) is 0 Å². The number of para-hydroxylation sites is 1. The zero-order chi connectivity index (χ0) is 12.3. The van der Waals surface area contributed by atoms with Crippen molar-refractivity contribution in [1.29, 1.82) is 10.5 Å². The lowest BCUT2D eigenvalue weighted by Gasteiger charge is -2.05. The van der Waals surface area contributed by atoms with Crippen molar-refractivity contribution < 1.29 is 0 Å². The Balaban J connectivity index is 2.63. The summed E-state index contributed by atoms with van der Waals surface area (Å²) in [5.41, 5.74) is 2.50. The van der Waals surface area contributed by atoms with E-state index in [0.717, 1.165) is 16.5 Å². The van der Waals surface area contributed by atoms with Gasteiger partial charge in [0, 0.05) is 5.39 Å². The molecule has 0 amide bonds. The molecule has 0 aliphatic heterocycles. The maximum atomic E-state index is 9.06. The summed E-state index contributed by atoms with van der Waals surface area (Å²) < 4.78 is 0. The third-order valence-corrected chi connectivity index (χ3v) is 3.26. The maximum absolute atomic E-state index is 9.06. The lowest BCUT2D eigenvalue weighted by Crippen LogP contribution is -1.91. The fraction of sp³-hybridized carbons (Fsp3) is 0.154. The largest absolute Gasteiger partial charge is 0.240 e. The van der Waals surface area contributed by atoms with Gasteiger partial charge in [0.1, 0.15) is 11.1 Å². The highest BCUT2D eigenvalue weighted by Gasteiger charge is 2.08. The van der Waals surface area contributed by atoms with E-state index in [1.165, 1.54) is 11.8 Å². The molecule has 0 spiro atoms. The minimum absolute atomic E-state index is 0.305. The molecule has 1 aromatic carbocycles. The van der Waals surface area contributed by atoms with Gasteiger partial charge in [-0.25, -0.2) is 4.98 Å². The summed E-state index contributed by atoms with van der Waals surface area (Å²) in [5, 5.41) is 19.2. The fourth-order valence-corrected chi connectivity index (χ4v) is 2.24. The SMILES string of the molecule is Cc1cccc2cc(C#N)c(SCC#N)nc12. The molecule has 0 aliphatic rings. The van der Waals surface area contributed by atoms with Crippen LogP contribution in [0, 0.1) is 29.6 Å². The van der Waals surface area contributed by atoms with Crippen LogP contribution in [-0.4, -0.2) is 10.7 Å². The maximum Gasteiger partial charge on any atom is 0.116 e. The van der Waals surface area contributed by atoms with E-state index in [1.54, 1.807) is 0 Å². The molecule has 0 unspecified atom stereocenters. The highest BCUT2D eigenvalue weighted by molar-refractivity contribution is 7.99. The third-order valence-electron chi connectivity index (χ3n) is 2.41. The number of fused-ring (bicyclic) bond motifs is 1. The zero-order valence-electron chi connectivity index (χ0n) is 9.27. The molecular weight excluding hydrogens is 230 g/mol. The number of hydrogen-bond acceptors (Lipinski definition) is 4. The number of nitriles is 2. The van der Waals surface area contributed by atoms with Crippen LogP contribution in [0.4, 0.5) is 0 Å². The Bertz CT molecular complexity index is 650. The molecule has 3 nitrogen and oxygen atoms in total. The molecule has 0 atom stereocenters. The molecule has 0 saturated carbocycles. The average molecular weight is 239 g/mol. The van der Waals surface area contributed by atoms with E-state index in [-0.39, 0.29) is 0 Å². The number of aromatic nitrogens is 1. The molecule has 1 aromatic heterocycles. The average Bonchev–Trinajstić information content (AvgIpc) is 2.36. The molecule has 17 heavy (non-hydrogen) atoms.